The van der Waals surface area contributed by atoms with E-state index in [0.29, 0.717) is 25.7 Å². The Hall–Kier alpha value is -2.79. The molecule has 0 radical (unpaired) electrons. The van der Waals surface area contributed by atoms with Gasteiger partial charge in [-0.2, -0.15) is 0 Å². The number of nitrogens with zero attached hydrogens (tertiary/aromatic N) is 2. The number of amides is 1. The minimum Gasteiger partial charge on any atom is -0.486 e. The first-order chi connectivity index (χ1) is 15.9. The second-order valence-corrected chi connectivity index (χ2v) is 10.1. The molecule has 2 aromatic rings. The minimum atomic E-state index is -0.399. The molecule has 1 saturated heterocycles. The number of hydrogen-bond donors (Lipinski definition) is 0. The number of rotatable bonds is 4. The van der Waals surface area contributed by atoms with Crippen molar-refractivity contribution < 1.29 is 14.3 Å². The lowest BCUT2D eigenvalue weighted by atomic mass is 9.88. The molecule has 0 atom stereocenters. The third-order valence-corrected chi connectivity index (χ3v) is 7.15. The first kappa shape index (κ1) is 22.0. The summed E-state index contributed by atoms with van der Waals surface area (Å²) in [7, 11) is 0. The van der Waals surface area contributed by atoms with Crippen molar-refractivity contribution in [3.05, 3.63) is 59.7 Å². The zero-order valence-corrected chi connectivity index (χ0v) is 20.0. The number of likely N-dealkylation sites (tertiary alicyclic amines) is 1. The fourth-order valence-electron chi connectivity index (χ4n) is 5.58. The largest absolute Gasteiger partial charge is 0.486 e. The third kappa shape index (κ3) is 4.51. The van der Waals surface area contributed by atoms with Gasteiger partial charge in [0.15, 0.2) is 11.5 Å². The average Bonchev–Trinajstić information content (AvgIpc) is 2.79. The fourth-order valence-corrected chi connectivity index (χ4v) is 5.58. The molecule has 3 heterocycles. The second-order valence-electron chi connectivity index (χ2n) is 10.1. The van der Waals surface area contributed by atoms with Crippen LogP contribution in [0.4, 0.5) is 5.69 Å². The summed E-state index contributed by atoms with van der Waals surface area (Å²) in [5.74, 6) is 2.33. The quantitative estimate of drug-likeness (QED) is 0.667. The van der Waals surface area contributed by atoms with Crippen LogP contribution in [-0.2, 0) is 11.2 Å². The molecule has 0 spiro atoms. The van der Waals surface area contributed by atoms with Crippen molar-refractivity contribution in [2.45, 2.75) is 45.6 Å². The number of fused-ring (bicyclic) bond motifs is 2. The molecule has 0 aliphatic carbocycles. The maximum absolute atomic E-state index is 13.7. The number of carbonyl (C=O) groups is 1. The summed E-state index contributed by atoms with van der Waals surface area (Å²) in [5.41, 5.74) is 4.15. The minimum absolute atomic E-state index is 0.142. The van der Waals surface area contributed by atoms with Crippen LogP contribution in [-0.4, -0.2) is 49.2 Å². The molecule has 1 amide bonds. The number of carbonyl (C=O) groups excluding carboxylic acids is 1. The van der Waals surface area contributed by atoms with Gasteiger partial charge in [0.25, 0.3) is 0 Å². The van der Waals surface area contributed by atoms with Crippen LogP contribution < -0.4 is 14.4 Å². The lowest BCUT2D eigenvalue weighted by molar-refractivity contribution is -0.120. The molecule has 0 N–H and O–H groups in total. The Bertz CT molecular complexity index is 1050. The Morgan fingerprint density at radius 3 is 2.39 bits per heavy atom. The summed E-state index contributed by atoms with van der Waals surface area (Å²) in [5, 5.41) is 0. The van der Waals surface area contributed by atoms with Crippen LogP contribution in [0.3, 0.4) is 0 Å². The van der Waals surface area contributed by atoms with Crippen LogP contribution in [0.1, 0.15) is 44.7 Å². The zero-order chi connectivity index (χ0) is 23.0. The lowest BCUT2D eigenvalue weighted by Gasteiger charge is -2.43. The van der Waals surface area contributed by atoms with Crippen LogP contribution in [0.25, 0.3) is 5.57 Å². The van der Waals surface area contributed by atoms with Crippen LogP contribution in [0, 0.1) is 5.92 Å². The SMILES string of the molecule is CC1=CC(C)(C)N(C(=O)CN2CCC(Cc3ccccc3)CC2)c2cc3c(cc21)OCCO3. The van der Waals surface area contributed by atoms with Crippen molar-refractivity contribution in [1.82, 2.24) is 4.90 Å². The van der Waals surface area contributed by atoms with Crippen molar-refractivity contribution >= 4 is 17.2 Å². The Kier molecular flexibility index (Phi) is 5.92. The Labute approximate surface area is 197 Å². The molecule has 5 heteroatoms. The number of benzene rings is 2. The van der Waals surface area contributed by atoms with Gasteiger partial charge in [0.1, 0.15) is 13.2 Å². The first-order valence-corrected chi connectivity index (χ1v) is 12.1. The van der Waals surface area contributed by atoms with E-state index in [2.05, 4.69) is 62.1 Å². The second kappa shape index (κ2) is 8.86. The topological polar surface area (TPSA) is 42.0 Å². The number of piperidine rings is 1. The Morgan fingerprint density at radius 1 is 1.03 bits per heavy atom. The standard InChI is InChI=1S/C28H34N2O3/c1-20-18-28(2,3)30(24-17-26-25(16-23(20)24)32-13-14-33-26)27(31)19-29-11-9-22(10-12-29)15-21-7-5-4-6-8-21/h4-8,16-18,22H,9-15,19H2,1-3H3. The number of allylic oxidation sites excluding steroid dienone is 1. The monoisotopic (exact) mass is 446 g/mol. The van der Waals surface area contributed by atoms with Gasteiger partial charge in [-0.15, -0.1) is 0 Å². The Morgan fingerprint density at radius 2 is 1.70 bits per heavy atom. The van der Waals surface area contributed by atoms with E-state index in [1.807, 2.05) is 17.0 Å². The van der Waals surface area contributed by atoms with E-state index in [1.54, 1.807) is 0 Å². The van der Waals surface area contributed by atoms with Crippen molar-refractivity contribution in [2.24, 2.45) is 5.92 Å². The molecular formula is C28H34N2O3. The molecular weight excluding hydrogens is 412 g/mol. The lowest BCUT2D eigenvalue weighted by Crippen LogP contribution is -2.53. The van der Waals surface area contributed by atoms with Gasteiger partial charge in [-0.3, -0.25) is 9.69 Å². The summed E-state index contributed by atoms with van der Waals surface area (Å²) in [6, 6.07) is 14.8. The molecule has 174 valence electrons. The maximum Gasteiger partial charge on any atom is 0.241 e. The smallest absolute Gasteiger partial charge is 0.241 e. The molecule has 33 heavy (non-hydrogen) atoms. The van der Waals surface area contributed by atoms with Gasteiger partial charge < -0.3 is 14.4 Å². The summed E-state index contributed by atoms with van der Waals surface area (Å²) >= 11 is 0. The van der Waals surface area contributed by atoms with E-state index < -0.39 is 5.54 Å². The van der Waals surface area contributed by atoms with E-state index in [0.717, 1.165) is 60.7 Å². The maximum atomic E-state index is 13.7. The van der Waals surface area contributed by atoms with Gasteiger partial charge in [-0.1, -0.05) is 36.4 Å². The Balaban J connectivity index is 1.30. The molecule has 0 bridgehead atoms. The fraction of sp³-hybridized carbons (Fsp3) is 0.464. The first-order valence-electron chi connectivity index (χ1n) is 12.1. The molecule has 1 fully saturated rings. The number of hydrogen-bond acceptors (Lipinski definition) is 4. The van der Waals surface area contributed by atoms with Crippen LogP contribution in [0.15, 0.2) is 48.5 Å². The molecule has 5 nitrogen and oxygen atoms in total. The van der Waals surface area contributed by atoms with Gasteiger partial charge >= 0.3 is 0 Å². The highest BCUT2D eigenvalue weighted by Gasteiger charge is 2.38. The average molecular weight is 447 g/mol. The summed E-state index contributed by atoms with van der Waals surface area (Å²) in [4.78, 5) is 18.0. The molecule has 3 aliphatic heterocycles. The molecule has 5 rings (SSSR count). The van der Waals surface area contributed by atoms with Crippen LogP contribution in [0.5, 0.6) is 11.5 Å². The number of ether oxygens (including phenoxy) is 2. The highest BCUT2D eigenvalue weighted by atomic mass is 16.6. The molecule has 3 aliphatic rings. The van der Waals surface area contributed by atoms with Crippen LogP contribution >= 0.6 is 0 Å². The highest BCUT2D eigenvalue weighted by Crippen LogP contribution is 2.45. The van der Waals surface area contributed by atoms with Crippen molar-refractivity contribution in [1.29, 1.82) is 0 Å². The normalized spacial score (nSPS) is 20.2. The van der Waals surface area contributed by atoms with Crippen molar-refractivity contribution in [3.63, 3.8) is 0 Å². The summed E-state index contributed by atoms with van der Waals surface area (Å²) < 4.78 is 11.6. The van der Waals surface area contributed by atoms with E-state index >= 15 is 0 Å². The molecule has 0 saturated carbocycles. The third-order valence-electron chi connectivity index (χ3n) is 7.15. The van der Waals surface area contributed by atoms with Gasteiger partial charge in [0, 0.05) is 11.6 Å². The predicted molar refractivity (Wildman–Crippen MR) is 132 cm³/mol. The highest BCUT2D eigenvalue weighted by molar-refractivity contribution is 6.02. The van der Waals surface area contributed by atoms with E-state index in [1.165, 1.54) is 5.56 Å². The van der Waals surface area contributed by atoms with Crippen molar-refractivity contribution in [2.75, 3.05) is 37.7 Å². The molecule has 0 unspecified atom stereocenters. The summed E-state index contributed by atoms with van der Waals surface area (Å²) in [6.45, 7) is 9.82. The van der Waals surface area contributed by atoms with E-state index in [-0.39, 0.29) is 5.91 Å². The van der Waals surface area contributed by atoms with E-state index in [9.17, 15) is 4.79 Å². The van der Waals surface area contributed by atoms with Crippen LogP contribution in [0.2, 0.25) is 0 Å². The summed E-state index contributed by atoms with van der Waals surface area (Å²) in [6.07, 6.45) is 5.60. The van der Waals surface area contributed by atoms with E-state index in [4.69, 9.17) is 9.47 Å². The molecule has 0 aromatic heterocycles. The zero-order valence-electron chi connectivity index (χ0n) is 20.0. The van der Waals surface area contributed by atoms with Gasteiger partial charge in [-0.25, -0.2) is 0 Å². The van der Waals surface area contributed by atoms with Gasteiger partial charge in [0.2, 0.25) is 5.91 Å². The van der Waals surface area contributed by atoms with Gasteiger partial charge in [0.05, 0.1) is 17.8 Å². The predicted octanol–water partition coefficient (Wildman–Crippen LogP) is 4.94. The van der Waals surface area contributed by atoms with Crippen molar-refractivity contribution in [3.8, 4) is 11.5 Å². The number of anilines is 1. The molecule has 2 aromatic carbocycles. The van der Waals surface area contributed by atoms with Gasteiger partial charge in [-0.05, 0) is 76.2 Å².